The van der Waals surface area contributed by atoms with E-state index in [0.29, 0.717) is 22.2 Å². The lowest BCUT2D eigenvalue weighted by Crippen LogP contribution is -2.29. The predicted octanol–water partition coefficient (Wildman–Crippen LogP) is 4.48. The van der Waals surface area contributed by atoms with Gasteiger partial charge >= 0.3 is 5.97 Å². The maximum Gasteiger partial charge on any atom is 0.303 e. The number of carbonyl (C=O) groups excluding carboxylic acids is 1. The zero-order valence-corrected chi connectivity index (χ0v) is 15.7. The number of thiocarbonyl (C=S) groups is 1. The third kappa shape index (κ3) is 6.14. The molecule has 1 N–H and O–H groups in total. The monoisotopic (exact) mass is 375 g/mol. The molecule has 25 heavy (non-hydrogen) atoms. The Labute approximate surface area is 157 Å². The first-order valence-corrected chi connectivity index (χ1v) is 9.40. The normalized spacial score (nSPS) is 16.8. The van der Waals surface area contributed by atoms with Gasteiger partial charge in [-0.25, -0.2) is 0 Å². The van der Waals surface area contributed by atoms with Crippen molar-refractivity contribution in [2.45, 2.75) is 32.6 Å². The fraction of sp³-hybridized carbons (Fsp3) is 0.316. The Balaban J connectivity index is 1.93. The van der Waals surface area contributed by atoms with Crippen LogP contribution in [0, 0.1) is 0 Å². The van der Waals surface area contributed by atoms with Crippen molar-refractivity contribution < 1.29 is 14.7 Å². The molecule has 132 valence electrons. The molecule has 0 bridgehead atoms. The van der Waals surface area contributed by atoms with Crippen molar-refractivity contribution in [3.8, 4) is 0 Å². The SMILES string of the molecule is CC(=Cc1ccccc1)/C=C1\SC(=S)N(CCCCCC(=O)O)C1=O. The van der Waals surface area contributed by atoms with Gasteiger partial charge in [-0.05, 0) is 37.0 Å². The molecule has 1 amide bonds. The summed E-state index contributed by atoms with van der Waals surface area (Å²) < 4.78 is 0.571. The Morgan fingerprint density at radius 1 is 1.24 bits per heavy atom. The van der Waals surface area contributed by atoms with Crippen LogP contribution in [0.5, 0.6) is 0 Å². The number of unbranched alkanes of at least 4 members (excludes halogenated alkanes) is 2. The highest BCUT2D eigenvalue weighted by Crippen LogP contribution is 2.32. The van der Waals surface area contributed by atoms with Crippen molar-refractivity contribution in [1.82, 2.24) is 4.90 Å². The third-order valence-electron chi connectivity index (χ3n) is 3.70. The molecule has 0 radical (unpaired) electrons. The van der Waals surface area contributed by atoms with Gasteiger partial charge in [-0.3, -0.25) is 14.5 Å². The Hall–Kier alpha value is -1.92. The van der Waals surface area contributed by atoms with E-state index >= 15 is 0 Å². The van der Waals surface area contributed by atoms with Gasteiger partial charge in [0.15, 0.2) is 0 Å². The predicted molar refractivity (Wildman–Crippen MR) is 106 cm³/mol. The van der Waals surface area contributed by atoms with Crippen LogP contribution in [0.1, 0.15) is 38.2 Å². The summed E-state index contributed by atoms with van der Waals surface area (Å²) in [6.45, 7) is 2.51. The fourth-order valence-corrected chi connectivity index (χ4v) is 3.83. The lowest BCUT2D eigenvalue weighted by Gasteiger charge is -2.13. The number of carbonyl (C=O) groups is 2. The van der Waals surface area contributed by atoms with Crippen LogP contribution in [0.3, 0.4) is 0 Å². The highest BCUT2D eigenvalue weighted by molar-refractivity contribution is 8.26. The minimum absolute atomic E-state index is 0.0611. The molecule has 2 rings (SSSR count). The Kier molecular flexibility index (Phi) is 7.40. The van der Waals surface area contributed by atoms with E-state index in [1.54, 1.807) is 4.90 Å². The number of hydrogen-bond donors (Lipinski definition) is 1. The summed E-state index contributed by atoms with van der Waals surface area (Å²) in [5.41, 5.74) is 2.08. The number of aliphatic carboxylic acids is 1. The van der Waals surface area contributed by atoms with Crippen LogP contribution in [0.4, 0.5) is 0 Å². The minimum atomic E-state index is -0.783. The van der Waals surface area contributed by atoms with Gasteiger partial charge in [-0.1, -0.05) is 66.8 Å². The number of rotatable bonds is 8. The van der Waals surface area contributed by atoms with Gasteiger partial charge in [0, 0.05) is 13.0 Å². The van der Waals surface area contributed by atoms with E-state index in [9.17, 15) is 9.59 Å². The van der Waals surface area contributed by atoms with Crippen LogP contribution in [-0.2, 0) is 9.59 Å². The van der Waals surface area contributed by atoms with Crippen LogP contribution in [-0.4, -0.2) is 32.7 Å². The molecule has 0 spiro atoms. The summed E-state index contributed by atoms with van der Waals surface area (Å²) in [5, 5.41) is 8.63. The molecule has 0 unspecified atom stereocenters. The molecule has 1 heterocycles. The first kappa shape index (κ1) is 19.4. The Morgan fingerprint density at radius 3 is 2.64 bits per heavy atom. The molecular formula is C19H21NO3S2. The molecule has 1 saturated heterocycles. The van der Waals surface area contributed by atoms with Crippen LogP contribution in [0.25, 0.3) is 6.08 Å². The summed E-state index contributed by atoms with van der Waals surface area (Å²) in [6, 6.07) is 9.94. The molecule has 4 nitrogen and oxygen atoms in total. The molecule has 1 aromatic rings. The average Bonchev–Trinajstić information content (AvgIpc) is 2.82. The standard InChI is InChI=1S/C19H21NO3S2/c1-14(12-15-8-4-2-5-9-15)13-16-18(23)20(19(24)25-16)11-7-3-6-10-17(21)22/h2,4-5,8-9,12-13H,3,6-7,10-11H2,1H3,(H,21,22)/b14-12?,16-13-. The van der Waals surface area contributed by atoms with Crippen molar-refractivity contribution in [2.75, 3.05) is 6.54 Å². The molecule has 6 heteroatoms. The fourth-order valence-electron chi connectivity index (χ4n) is 2.48. The molecule has 1 fully saturated rings. The van der Waals surface area contributed by atoms with E-state index < -0.39 is 5.97 Å². The number of nitrogens with zero attached hydrogens (tertiary/aromatic N) is 1. The second-order valence-electron chi connectivity index (χ2n) is 5.84. The number of benzene rings is 1. The van der Waals surface area contributed by atoms with E-state index in [4.69, 9.17) is 17.3 Å². The van der Waals surface area contributed by atoms with Gasteiger partial charge in [0.25, 0.3) is 5.91 Å². The van der Waals surface area contributed by atoms with E-state index in [0.717, 1.165) is 24.0 Å². The maximum atomic E-state index is 12.5. The van der Waals surface area contributed by atoms with Crippen LogP contribution in [0.2, 0.25) is 0 Å². The Morgan fingerprint density at radius 2 is 1.96 bits per heavy atom. The summed E-state index contributed by atoms with van der Waals surface area (Å²) in [4.78, 5) is 25.3. The van der Waals surface area contributed by atoms with Gasteiger partial charge in [-0.2, -0.15) is 0 Å². The van der Waals surface area contributed by atoms with E-state index in [1.165, 1.54) is 11.8 Å². The second kappa shape index (κ2) is 9.53. The van der Waals surface area contributed by atoms with Gasteiger partial charge < -0.3 is 5.11 Å². The van der Waals surface area contributed by atoms with Crippen LogP contribution < -0.4 is 0 Å². The first-order valence-electron chi connectivity index (χ1n) is 8.18. The molecular weight excluding hydrogens is 354 g/mol. The third-order valence-corrected chi connectivity index (χ3v) is 5.08. The van der Waals surface area contributed by atoms with E-state index in [2.05, 4.69) is 0 Å². The lowest BCUT2D eigenvalue weighted by molar-refractivity contribution is -0.137. The van der Waals surface area contributed by atoms with Crippen molar-refractivity contribution in [3.05, 3.63) is 52.4 Å². The molecule has 1 aromatic carbocycles. The zero-order chi connectivity index (χ0) is 18.2. The molecule has 0 aromatic heterocycles. The highest BCUT2D eigenvalue weighted by Gasteiger charge is 2.31. The van der Waals surface area contributed by atoms with Gasteiger partial charge in [0.05, 0.1) is 4.91 Å². The first-order chi connectivity index (χ1) is 12.0. The number of thioether (sulfide) groups is 1. The summed E-state index contributed by atoms with van der Waals surface area (Å²) in [5.74, 6) is -0.844. The quantitative estimate of drug-likeness (QED) is 0.412. The summed E-state index contributed by atoms with van der Waals surface area (Å²) >= 11 is 6.63. The number of carboxylic acid groups (broad SMARTS) is 1. The highest BCUT2D eigenvalue weighted by atomic mass is 32.2. The van der Waals surface area contributed by atoms with Crippen LogP contribution in [0.15, 0.2) is 46.9 Å². The largest absolute Gasteiger partial charge is 0.481 e. The maximum absolute atomic E-state index is 12.5. The summed E-state index contributed by atoms with van der Waals surface area (Å²) in [6.07, 6.45) is 6.22. The molecule has 1 aliphatic heterocycles. The smallest absolute Gasteiger partial charge is 0.303 e. The number of carboxylic acids is 1. The van der Waals surface area contributed by atoms with E-state index in [-0.39, 0.29) is 12.3 Å². The topological polar surface area (TPSA) is 57.6 Å². The van der Waals surface area contributed by atoms with Gasteiger partial charge in [-0.15, -0.1) is 0 Å². The van der Waals surface area contributed by atoms with Gasteiger partial charge in [0.2, 0.25) is 0 Å². The van der Waals surface area contributed by atoms with Crippen molar-refractivity contribution in [3.63, 3.8) is 0 Å². The molecule has 0 atom stereocenters. The molecule has 0 aliphatic carbocycles. The second-order valence-corrected chi connectivity index (χ2v) is 7.51. The van der Waals surface area contributed by atoms with Crippen molar-refractivity contribution in [1.29, 1.82) is 0 Å². The Bertz CT molecular complexity index is 711. The van der Waals surface area contributed by atoms with Crippen molar-refractivity contribution >= 4 is 46.3 Å². The minimum Gasteiger partial charge on any atom is -0.481 e. The number of amides is 1. The van der Waals surface area contributed by atoms with Crippen LogP contribution >= 0.6 is 24.0 Å². The summed E-state index contributed by atoms with van der Waals surface area (Å²) in [7, 11) is 0. The van der Waals surface area contributed by atoms with Gasteiger partial charge in [0.1, 0.15) is 4.32 Å². The van der Waals surface area contributed by atoms with E-state index in [1.807, 2.05) is 49.4 Å². The number of allylic oxidation sites excluding steroid dienone is 2. The lowest BCUT2D eigenvalue weighted by atomic mass is 10.1. The molecule has 0 saturated carbocycles. The zero-order valence-electron chi connectivity index (χ0n) is 14.1. The molecule has 1 aliphatic rings. The average molecular weight is 376 g/mol. The number of hydrogen-bond acceptors (Lipinski definition) is 4. The van der Waals surface area contributed by atoms with Crippen molar-refractivity contribution in [2.24, 2.45) is 0 Å².